The van der Waals surface area contributed by atoms with Crippen molar-refractivity contribution < 1.29 is 9.21 Å². The number of nitrogens with zero attached hydrogens (tertiary/aromatic N) is 2. The Balaban J connectivity index is 1.51. The van der Waals surface area contributed by atoms with Gasteiger partial charge in [-0.05, 0) is 31.5 Å². The number of rotatable bonds is 8. The van der Waals surface area contributed by atoms with Gasteiger partial charge < -0.3 is 20.4 Å². The Hall–Kier alpha value is -3.61. The van der Waals surface area contributed by atoms with E-state index in [4.69, 9.17) is 4.42 Å². The zero-order chi connectivity index (χ0) is 21.2. The summed E-state index contributed by atoms with van der Waals surface area (Å²) in [7, 11) is 0. The molecular weight excluding hydrogens is 378 g/mol. The third-order valence-electron chi connectivity index (χ3n) is 4.34. The molecule has 0 saturated heterocycles. The van der Waals surface area contributed by atoms with Gasteiger partial charge in [0.05, 0.1) is 13.1 Å². The van der Waals surface area contributed by atoms with Crippen molar-refractivity contribution in [1.82, 2.24) is 20.9 Å². The number of hydrogen-bond acceptors (Lipinski definition) is 4. The Morgan fingerprint density at radius 1 is 1.03 bits per heavy atom. The van der Waals surface area contributed by atoms with Crippen molar-refractivity contribution in [2.45, 2.75) is 26.9 Å². The van der Waals surface area contributed by atoms with Crippen molar-refractivity contribution in [1.29, 1.82) is 0 Å². The number of amides is 1. The number of hydrogen-bond donors (Lipinski definition) is 3. The molecular formula is C23H27N5O2. The number of guanidine groups is 1. The van der Waals surface area contributed by atoms with Gasteiger partial charge in [-0.3, -0.25) is 4.79 Å². The van der Waals surface area contributed by atoms with E-state index in [-0.39, 0.29) is 12.5 Å². The highest BCUT2D eigenvalue weighted by molar-refractivity contribution is 5.86. The van der Waals surface area contributed by atoms with E-state index in [9.17, 15) is 4.79 Å². The maximum Gasteiger partial charge on any atom is 0.239 e. The van der Waals surface area contributed by atoms with E-state index in [0.717, 1.165) is 16.8 Å². The maximum absolute atomic E-state index is 12.1. The Bertz CT molecular complexity index is 965. The molecule has 0 unspecified atom stereocenters. The molecule has 7 nitrogen and oxygen atoms in total. The number of carbonyl (C=O) groups is 1. The first-order valence-corrected chi connectivity index (χ1v) is 9.98. The van der Waals surface area contributed by atoms with Crippen molar-refractivity contribution in [3.8, 4) is 11.5 Å². The van der Waals surface area contributed by atoms with E-state index in [1.807, 2.05) is 68.4 Å². The fraction of sp³-hybridized carbons (Fsp3) is 0.261. The second-order valence-corrected chi connectivity index (χ2v) is 6.82. The van der Waals surface area contributed by atoms with E-state index in [1.54, 1.807) is 6.26 Å². The summed E-state index contributed by atoms with van der Waals surface area (Å²) in [4.78, 5) is 21.1. The van der Waals surface area contributed by atoms with Crippen molar-refractivity contribution in [2.75, 3.05) is 13.1 Å². The number of nitrogens with one attached hydrogen (secondary N) is 3. The minimum atomic E-state index is -0.104. The van der Waals surface area contributed by atoms with Crippen LogP contribution in [0.3, 0.4) is 0 Å². The van der Waals surface area contributed by atoms with E-state index in [2.05, 4.69) is 25.9 Å². The highest BCUT2D eigenvalue weighted by atomic mass is 16.3. The van der Waals surface area contributed by atoms with Gasteiger partial charge in [0.15, 0.2) is 5.96 Å². The Labute approximate surface area is 176 Å². The van der Waals surface area contributed by atoms with Gasteiger partial charge in [-0.1, -0.05) is 48.0 Å². The molecule has 1 aromatic heterocycles. The van der Waals surface area contributed by atoms with E-state index < -0.39 is 0 Å². The van der Waals surface area contributed by atoms with Crippen LogP contribution in [0, 0.1) is 6.92 Å². The van der Waals surface area contributed by atoms with Gasteiger partial charge in [-0.25, -0.2) is 9.98 Å². The number of oxazole rings is 1. The molecule has 0 aliphatic rings. The Morgan fingerprint density at radius 3 is 2.53 bits per heavy atom. The average molecular weight is 406 g/mol. The monoisotopic (exact) mass is 405 g/mol. The molecule has 0 saturated carbocycles. The minimum absolute atomic E-state index is 0.104. The molecule has 3 rings (SSSR count). The largest absolute Gasteiger partial charge is 0.444 e. The molecule has 156 valence electrons. The van der Waals surface area contributed by atoms with Crippen LogP contribution in [0.25, 0.3) is 11.5 Å². The van der Waals surface area contributed by atoms with Gasteiger partial charge in [0.2, 0.25) is 11.8 Å². The molecule has 0 bridgehead atoms. The molecule has 0 atom stereocenters. The molecule has 0 radical (unpaired) electrons. The molecule has 3 N–H and O–H groups in total. The van der Waals surface area contributed by atoms with Crippen LogP contribution in [0.4, 0.5) is 0 Å². The van der Waals surface area contributed by atoms with Gasteiger partial charge >= 0.3 is 0 Å². The van der Waals surface area contributed by atoms with E-state index >= 15 is 0 Å². The highest BCUT2D eigenvalue weighted by Gasteiger charge is 2.08. The first-order valence-electron chi connectivity index (χ1n) is 9.98. The van der Waals surface area contributed by atoms with Crippen LogP contribution in [-0.2, 0) is 17.9 Å². The summed E-state index contributed by atoms with van der Waals surface area (Å²) in [5.74, 6) is 1.01. The van der Waals surface area contributed by atoms with Gasteiger partial charge in [0.1, 0.15) is 12.0 Å². The zero-order valence-electron chi connectivity index (χ0n) is 17.3. The molecule has 7 heteroatoms. The number of aliphatic imine (C=N–C) groups is 1. The molecule has 0 aliphatic carbocycles. The summed E-state index contributed by atoms with van der Waals surface area (Å²) in [6.45, 7) is 5.66. The van der Waals surface area contributed by atoms with Crippen molar-refractivity contribution in [3.63, 3.8) is 0 Å². The molecule has 30 heavy (non-hydrogen) atoms. The minimum Gasteiger partial charge on any atom is -0.444 e. The second kappa shape index (κ2) is 10.8. The van der Waals surface area contributed by atoms with Crippen LogP contribution >= 0.6 is 0 Å². The molecule has 1 heterocycles. The first-order chi connectivity index (χ1) is 14.6. The fourth-order valence-electron chi connectivity index (χ4n) is 2.73. The first kappa shape index (κ1) is 21.1. The Morgan fingerprint density at radius 2 is 1.80 bits per heavy atom. The summed E-state index contributed by atoms with van der Waals surface area (Å²) >= 11 is 0. The molecule has 3 aromatic rings. The van der Waals surface area contributed by atoms with Gasteiger partial charge in [-0.2, -0.15) is 0 Å². The van der Waals surface area contributed by atoms with Crippen LogP contribution in [-0.4, -0.2) is 29.9 Å². The fourth-order valence-corrected chi connectivity index (χ4v) is 2.73. The van der Waals surface area contributed by atoms with Crippen molar-refractivity contribution in [3.05, 3.63) is 77.7 Å². The van der Waals surface area contributed by atoms with Crippen molar-refractivity contribution >= 4 is 11.9 Å². The van der Waals surface area contributed by atoms with Crippen LogP contribution in [0.5, 0.6) is 0 Å². The molecule has 0 aliphatic heterocycles. The zero-order valence-corrected chi connectivity index (χ0v) is 17.3. The van der Waals surface area contributed by atoms with E-state index in [1.165, 1.54) is 5.56 Å². The highest BCUT2D eigenvalue weighted by Crippen LogP contribution is 2.19. The van der Waals surface area contributed by atoms with Gasteiger partial charge in [0.25, 0.3) is 0 Å². The maximum atomic E-state index is 12.1. The van der Waals surface area contributed by atoms with E-state index in [0.29, 0.717) is 31.5 Å². The quantitative estimate of drug-likeness (QED) is 0.396. The topological polar surface area (TPSA) is 91.6 Å². The number of carbonyl (C=O) groups excluding carboxylic acids is 1. The van der Waals surface area contributed by atoms with Crippen LogP contribution < -0.4 is 16.0 Å². The number of aromatic nitrogens is 1. The average Bonchev–Trinajstić information content (AvgIpc) is 3.24. The smallest absolute Gasteiger partial charge is 0.239 e. The third-order valence-corrected chi connectivity index (χ3v) is 4.34. The lowest BCUT2D eigenvalue weighted by Crippen LogP contribution is -2.43. The second-order valence-electron chi connectivity index (χ2n) is 6.82. The summed E-state index contributed by atoms with van der Waals surface area (Å²) in [6.07, 6.45) is 1.61. The summed E-state index contributed by atoms with van der Waals surface area (Å²) in [5.41, 5.74) is 3.89. The lowest BCUT2D eigenvalue weighted by Gasteiger charge is -2.11. The molecule has 1 amide bonds. The number of aryl methyl sites for hydroxylation is 1. The summed E-state index contributed by atoms with van der Waals surface area (Å²) < 4.78 is 5.57. The number of benzene rings is 2. The van der Waals surface area contributed by atoms with Crippen LogP contribution in [0.2, 0.25) is 0 Å². The molecule has 0 spiro atoms. The van der Waals surface area contributed by atoms with Gasteiger partial charge in [0, 0.05) is 18.7 Å². The third kappa shape index (κ3) is 6.48. The lowest BCUT2D eigenvalue weighted by atomic mass is 10.1. The summed E-state index contributed by atoms with van der Waals surface area (Å²) in [5, 5.41) is 9.05. The van der Waals surface area contributed by atoms with Crippen molar-refractivity contribution in [2.24, 2.45) is 4.99 Å². The molecule has 2 aromatic carbocycles. The standard InChI is InChI=1S/C23H27N5O2/c1-3-24-23(27-15-21(29)25-13-18-7-5-4-6-8-18)26-14-20-16-30-22(28-20)19-11-9-17(2)10-12-19/h4-12,16H,3,13-15H2,1-2H3,(H,25,29)(H2,24,26,27). The normalized spacial score (nSPS) is 11.2. The lowest BCUT2D eigenvalue weighted by molar-refractivity contribution is -0.120. The predicted octanol–water partition coefficient (Wildman–Crippen LogP) is 3.02. The predicted molar refractivity (Wildman–Crippen MR) is 118 cm³/mol. The Kier molecular flexibility index (Phi) is 7.60. The molecule has 0 fully saturated rings. The summed E-state index contributed by atoms with van der Waals surface area (Å²) in [6, 6.07) is 17.8. The van der Waals surface area contributed by atoms with Gasteiger partial charge in [-0.15, -0.1) is 0 Å². The van der Waals surface area contributed by atoms with Crippen LogP contribution in [0.15, 0.2) is 70.3 Å². The SMILES string of the molecule is CCNC(=NCc1coc(-c2ccc(C)cc2)n1)NCC(=O)NCc1ccccc1. The van der Waals surface area contributed by atoms with Crippen LogP contribution in [0.1, 0.15) is 23.7 Å².